The van der Waals surface area contributed by atoms with Crippen LogP contribution in [0.2, 0.25) is 0 Å². The Morgan fingerprint density at radius 3 is 2.23 bits per heavy atom. The van der Waals surface area contributed by atoms with E-state index in [1.165, 1.54) is 0 Å². The molecule has 2 atom stereocenters. The lowest BCUT2D eigenvalue weighted by Crippen LogP contribution is -2.30. The number of carbonyl (C=O) groups excluding carboxylic acids is 2. The second kappa shape index (κ2) is 3.35. The molecule has 74 valence electrons. The van der Waals surface area contributed by atoms with E-state index in [9.17, 15) is 22.8 Å². The lowest BCUT2D eigenvalue weighted by Gasteiger charge is -2.14. The van der Waals surface area contributed by atoms with Crippen LogP contribution in [-0.2, 0) is 9.59 Å². The molecule has 1 saturated heterocycles. The zero-order chi connectivity index (χ0) is 10.1. The van der Waals surface area contributed by atoms with Crippen molar-refractivity contribution < 1.29 is 22.8 Å². The van der Waals surface area contributed by atoms with Gasteiger partial charge in [0.1, 0.15) is 6.29 Å². The standard InChI is InChI=1S/C7H8F3NO2/c8-7(9,10)5-1-6(3-12)11(2-5)4-13/h3-6H,1-2H2/t5-,6+/m1/s1. The van der Waals surface area contributed by atoms with Crippen LogP contribution in [0.15, 0.2) is 0 Å². The Kier molecular flexibility index (Phi) is 2.58. The van der Waals surface area contributed by atoms with E-state index >= 15 is 0 Å². The molecular weight excluding hydrogens is 187 g/mol. The van der Waals surface area contributed by atoms with Gasteiger partial charge in [0, 0.05) is 6.54 Å². The first-order valence-electron chi connectivity index (χ1n) is 3.72. The molecule has 1 amide bonds. The molecule has 13 heavy (non-hydrogen) atoms. The summed E-state index contributed by atoms with van der Waals surface area (Å²) < 4.78 is 36.4. The first kappa shape index (κ1) is 10.0. The fourth-order valence-corrected chi connectivity index (χ4v) is 1.38. The lowest BCUT2D eigenvalue weighted by atomic mass is 10.1. The van der Waals surface area contributed by atoms with Gasteiger partial charge >= 0.3 is 6.18 Å². The molecule has 0 aromatic heterocycles. The topological polar surface area (TPSA) is 37.4 Å². The number of hydrogen-bond acceptors (Lipinski definition) is 2. The zero-order valence-corrected chi connectivity index (χ0v) is 6.62. The highest BCUT2D eigenvalue weighted by Gasteiger charge is 2.47. The Hall–Kier alpha value is -1.07. The molecule has 0 aromatic carbocycles. The van der Waals surface area contributed by atoms with Crippen LogP contribution in [0.1, 0.15) is 6.42 Å². The summed E-state index contributed by atoms with van der Waals surface area (Å²) in [7, 11) is 0. The van der Waals surface area contributed by atoms with Crippen molar-refractivity contribution in [2.45, 2.75) is 18.6 Å². The van der Waals surface area contributed by atoms with Crippen molar-refractivity contribution in [1.29, 1.82) is 0 Å². The summed E-state index contributed by atoms with van der Waals surface area (Å²) in [5, 5.41) is 0. The van der Waals surface area contributed by atoms with Crippen LogP contribution in [-0.4, -0.2) is 36.4 Å². The minimum atomic E-state index is -4.32. The van der Waals surface area contributed by atoms with Crippen molar-refractivity contribution in [2.75, 3.05) is 6.54 Å². The van der Waals surface area contributed by atoms with Gasteiger partial charge in [0.05, 0.1) is 12.0 Å². The van der Waals surface area contributed by atoms with Gasteiger partial charge in [-0.2, -0.15) is 13.2 Å². The summed E-state index contributed by atoms with van der Waals surface area (Å²) in [6.45, 7) is -0.406. The number of carbonyl (C=O) groups is 2. The molecule has 1 heterocycles. The van der Waals surface area contributed by atoms with E-state index < -0.39 is 24.7 Å². The molecule has 1 aliphatic heterocycles. The van der Waals surface area contributed by atoms with Gasteiger partial charge in [0.25, 0.3) is 0 Å². The maximum absolute atomic E-state index is 12.1. The quantitative estimate of drug-likeness (QED) is 0.605. The van der Waals surface area contributed by atoms with E-state index in [1.54, 1.807) is 0 Å². The lowest BCUT2D eigenvalue weighted by molar-refractivity contribution is -0.170. The van der Waals surface area contributed by atoms with Gasteiger partial charge in [-0.3, -0.25) is 4.79 Å². The minimum absolute atomic E-state index is 0.283. The van der Waals surface area contributed by atoms with Crippen LogP contribution < -0.4 is 0 Å². The van der Waals surface area contributed by atoms with Crippen molar-refractivity contribution in [3.05, 3.63) is 0 Å². The smallest absolute Gasteiger partial charge is 0.335 e. The monoisotopic (exact) mass is 195 g/mol. The van der Waals surface area contributed by atoms with Crippen LogP contribution in [0.25, 0.3) is 0 Å². The van der Waals surface area contributed by atoms with Gasteiger partial charge in [-0.15, -0.1) is 0 Å². The highest BCUT2D eigenvalue weighted by atomic mass is 19.4. The van der Waals surface area contributed by atoms with Crippen LogP contribution >= 0.6 is 0 Å². The van der Waals surface area contributed by atoms with Crippen molar-refractivity contribution >= 4 is 12.7 Å². The van der Waals surface area contributed by atoms with Crippen molar-refractivity contribution in [1.82, 2.24) is 4.90 Å². The molecule has 0 radical (unpaired) electrons. The SMILES string of the molecule is O=C[C@@H]1C[C@@H](C(F)(F)F)CN1C=O. The zero-order valence-electron chi connectivity index (χ0n) is 6.62. The third-order valence-corrected chi connectivity index (χ3v) is 2.14. The molecular formula is C7H8F3NO2. The van der Waals surface area contributed by atoms with Gasteiger partial charge in [-0.25, -0.2) is 0 Å². The summed E-state index contributed by atoms with van der Waals surface area (Å²) in [5.41, 5.74) is 0. The fraction of sp³-hybridized carbons (Fsp3) is 0.714. The van der Waals surface area contributed by atoms with Gasteiger partial charge < -0.3 is 9.69 Å². The average Bonchev–Trinajstić information content (AvgIpc) is 2.45. The van der Waals surface area contributed by atoms with E-state index in [4.69, 9.17) is 0 Å². The molecule has 0 spiro atoms. The molecule has 0 N–H and O–H groups in total. The van der Waals surface area contributed by atoms with Crippen LogP contribution in [0.5, 0.6) is 0 Å². The molecule has 1 fully saturated rings. The van der Waals surface area contributed by atoms with Crippen molar-refractivity contribution in [3.63, 3.8) is 0 Å². The Balaban J connectivity index is 2.68. The highest BCUT2D eigenvalue weighted by molar-refractivity contribution is 5.64. The molecule has 0 bridgehead atoms. The summed E-state index contributed by atoms with van der Waals surface area (Å²) in [5.74, 6) is -1.56. The number of likely N-dealkylation sites (tertiary alicyclic amines) is 1. The Bertz CT molecular complexity index is 200. The number of alkyl halides is 3. The Morgan fingerprint density at radius 2 is 1.92 bits per heavy atom. The number of rotatable bonds is 2. The number of nitrogens with zero attached hydrogens (tertiary/aromatic N) is 1. The molecule has 0 saturated carbocycles. The number of amides is 1. The van der Waals surface area contributed by atoms with E-state index in [-0.39, 0.29) is 12.8 Å². The number of halogens is 3. The van der Waals surface area contributed by atoms with Gasteiger partial charge in [-0.1, -0.05) is 0 Å². The maximum Gasteiger partial charge on any atom is 0.393 e. The average molecular weight is 195 g/mol. The molecule has 6 heteroatoms. The van der Waals surface area contributed by atoms with E-state index in [2.05, 4.69) is 0 Å². The van der Waals surface area contributed by atoms with Gasteiger partial charge in [0.15, 0.2) is 0 Å². The molecule has 0 unspecified atom stereocenters. The van der Waals surface area contributed by atoms with Crippen LogP contribution in [0.4, 0.5) is 13.2 Å². The third kappa shape index (κ3) is 1.99. The normalized spacial score (nSPS) is 29.0. The third-order valence-electron chi connectivity index (χ3n) is 2.14. The molecule has 0 aliphatic carbocycles. The molecule has 3 nitrogen and oxygen atoms in total. The summed E-state index contributed by atoms with van der Waals surface area (Å²) in [4.78, 5) is 21.4. The molecule has 1 aliphatic rings. The second-order valence-electron chi connectivity index (χ2n) is 2.98. The minimum Gasteiger partial charge on any atom is -0.335 e. The summed E-state index contributed by atoms with van der Waals surface area (Å²) >= 11 is 0. The van der Waals surface area contributed by atoms with Crippen LogP contribution in [0.3, 0.4) is 0 Å². The van der Waals surface area contributed by atoms with E-state index in [1.807, 2.05) is 0 Å². The van der Waals surface area contributed by atoms with Gasteiger partial charge in [-0.05, 0) is 6.42 Å². The second-order valence-corrected chi connectivity index (χ2v) is 2.98. The summed E-state index contributed by atoms with van der Waals surface area (Å²) in [6, 6.07) is -0.913. The first-order valence-corrected chi connectivity index (χ1v) is 3.72. The van der Waals surface area contributed by atoms with E-state index in [0.29, 0.717) is 6.29 Å². The molecule has 1 rings (SSSR count). The maximum atomic E-state index is 12.1. The number of hydrogen-bond donors (Lipinski definition) is 0. The van der Waals surface area contributed by atoms with Gasteiger partial charge in [0.2, 0.25) is 6.41 Å². The van der Waals surface area contributed by atoms with E-state index in [0.717, 1.165) is 4.90 Å². The first-order chi connectivity index (χ1) is 5.99. The van der Waals surface area contributed by atoms with Crippen molar-refractivity contribution in [3.8, 4) is 0 Å². The Morgan fingerprint density at radius 1 is 1.31 bits per heavy atom. The predicted molar refractivity (Wildman–Crippen MR) is 36.8 cm³/mol. The van der Waals surface area contributed by atoms with Crippen LogP contribution in [0, 0.1) is 5.92 Å². The Labute approximate surface area is 72.5 Å². The summed E-state index contributed by atoms with van der Waals surface area (Å²) in [6.07, 6.45) is -3.98. The van der Waals surface area contributed by atoms with Crippen molar-refractivity contribution in [2.24, 2.45) is 5.92 Å². The largest absolute Gasteiger partial charge is 0.393 e. The number of aldehydes is 1. The highest BCUT2D eigenvalue weighted by Crippen LogP contribution is 2.35. The predicted octanol–water partition coefficient (Wildman–Crippen LogP) is 0.595. The molecule has 0 aromatic rings. The fourth-order valence-electron chi connectivity index (χ4n) is 1.38.